The minimum Gasteiger partial charge on any atom is -0.497 e. The van der Waals surface area contributed by atoms with Gasteiger partial charge in [0.1, 0.15) is 5.75 Å². The number of anilines is 3. The Bertz CT molecular complexity index is 1040. The molecule has 25 heavy (non-hydrogen) atoms. The van der Waals surface area contributed by atoms with Gasteiger partial charge in [0, 0.05) is 17.4 Å². The van der Waals surface area contributed by atoms with Crippen LogP contribution in [0.2, 0.25) is 0 Å². The van der Waals surface area contributed by atoms with Crippen molar-refractivity contribution in [2.24, 2.45) is 0 Å². The molecule has 2 heterocycles. The quantitative estimate of drug-likeness (QED) is 0.553. The Hall–Kier alpha value is -3.68. The van der Waals surface area contributed by atoms with E-state index in [-0.39, 0.29) is 0 Å². The molecule has 0 atom stereocenters. The highest BCUT2D eigenvalue weighted by atomic mass is 16.5. The van der Waals surface area contributed by atoms with Gasteiger partial charge in [-0.05, 0) is 30.3 Å². The van der Waals surface area contributed by atoms with Gasteiger partial charge in [-0.25, -0.2) is 4.98 Å². The van der Waals surface area contributed by atoms with Crippen LogP contribution in [-0.2, 0) is 0 Å². The summed E-state index contributed by atoms with van der Waals surface area (Å²) in [5, 5.41) is 11.4. The van der Waals surface area contributed by atoms with Crippen LogP contribution in [0.15, 0.2) is 54.7 Å². The summed E-state index contributed by atoms with van der Waals surface area (Å²) in [5.74, 6) is 1.16. The number of methoxy groups -OCH3 is 1. The number of rotatable bonds is 4. The van der Waals surface area contributed by atoms with E-state index in [1.54, 1.807) is 18.0 Å². The van der Waals surface area contributed by atoms with Crippen molar-refractivity contribution in [2.75, 3.05) is 18.2 Å². The van der Waals surface area contributed by atoms with Crippen molar-refractivity contribution in [3.63, 3.8) is 0 Å². The minimum absolute atomic E-state index is 0.435. The molecule has 0 fully saturated rings. The second kappa shape index (κ2) is 6.08. The first kappa shape index (κ1) is 14.9. The zero-order valence-corrected chi connectivity index (χ0v) is 13.4. The van der Waals surface area contributed by atoms with Gasteiger partial charge < -0.3 is 15.8 Å². The van der Waals surface area contributed by atoms with Crippen molar-refractivity contribution in [3.8, 4) is 11.4 Å². The lowest BCUT2D eigenvalue weighted by Crippen LogP contribution is -2.02. The number of ether oxygens (including phenoxy) is 1. The van der Waals surface area contributed by atoms with Crippen molar-refractivity contribution in [3.05, 3.63) is 54.7 Å². The summed E-state index contributed by atoms with van der Waals surface area (Å²) >= 11 is 0. The molecule has 0 unspecified atom stereocenters. The molecule has 0 radical (unpaired) electrons. The summed E-state index contributed by atoms with van der Waals surface area (Å²) < 4.78 is 6.90. The highest BCUT2D eigenvalue weighted by Gasteiger charge is 2.11. The predicted molar refractivity (Wildman–Crippen MR) is 95.1 cm³/mol. The number of nitrogens with two attached hydrogens (primary N) is 1. The van der Waals surface area contributed by atoms with Gasteiger partial charge in [-0.3, -0.25) is 0 Å². The van der Waals surface area contributed by atoms with Crippen LogP contribution >= 0.6 is 0 Å². The van der Waals surface area contributed by atoms with E-state index in [4.69, 9.17) is 10.5 Å². The Morgan fingerprint density at radius 1 is 1.12 bits per heavy atom. The topological polar surface area (TPSA) is 104 Å². The third-order valence-electron chi connectivity index (χ3n) is 3.63. The normalized spacial score (nSPS) is 10.8. The largest absolute Gasteiger partial charge is 0.497 e. The average molecular weight is 333 g/mol. The molecule has 0 saturated carbocycles. The third kappa shape index (κ3) is 2.92. The van der Waals surface area contributed by atoms with E-state index >= 15 is 0 Å². The fourth-order valence-corrected chi connectivity index (χ4v) is 2.45. The Labute approximate surface area is 143 Å². The first-order chi connectivity index (χ1) is 12.2. The molecule has 8 heteroatoms. The smallest absolute Gasteiger partial charge is 0.229 e. The highest BCUT2D eigenvalue weighted by molar-refractivity contribution is 5.73. The number of hydrogen-bond donors (Lipinski definition) is 2. The lowest BCUT2D eigenvalue weighted by atomic mass is 10.3. The maximum absolute atomic E-state index is 5.80. The van der Waals surface area contributed by atoms with Gasteiger partial charge in [0.05, 0.1) is 19.0 Å². The molecule has 3 N–H and O–H groups in total. The molecule has 0 spiro atoms. The SMILES string of the molecule is COc1cccc(-n2nnc3cnc(Nc4cccc(N)c4)nc32)c1. The summed E-state index contributed by atoms with van der Waals surface area (Å²) in [5.41, 5.74) is 9.26. The van der Waals surface area contributed by atoms with Gasteiger partial charge >= 0.3 is 0 Å². The van der Waals surface area contributed by atoms with Gasteiger partial charge in [0.25, 0.3) is 0 Å². The molecule has 8 nitrogen and oxygen atoms in total. The number of hydrogen-bond acceptors (Lipinski definition) is 7. The first-order valence-electron chi connectivity index (χ1n) is 7.58. The number of fused-ring (bicyclic) bond motifs is 1. The summed E-state index contributed by atoms with van der Waals surface area (Å²) in [4.78, 5) is 8.80. The summed E-state index contributed by atoms with van der Waals surface area (Å²) in [7, 11) is 1.62. The van der Waals surface area contributed by atoms with Crippen molar-refractivity contribution < 1.29 is 4.74 Å². The zero-order valence-electron chi connectivity index (χ0n) is 13.4. The molecular formula is C17H15N7O. The van der Waals surface area contributed by atoms with E-state index in [2.05, 4.69) is 25.6 Å². The molecular weight excluding hydrogens is 318 g/mol. The lowest BCUT2D eigenvalue weighted by Gasteiger charge is -2.07. The molecule has 0 aliphatic carbocycles. The van der Waals surface area contributed by atoms with Crippen molar-refractivity contribution >= 4 is 28.5 Å². The monoisotopic (exact) mass is 333 g/mol. The Morgan fingerprint density at radius 3 is 2.84 bits per heavy atom. The molecule has 124 valence electrons. The van der Waals surface area contributed by atoms with E-state index in [0.717, 1.165) is 17.1 Å². The number of nitrogens with zero attached hydrogens (tertiary/aromatic N) is 5. The fourth-order valence-electron chi connectivity index (χ4n) is 2.45. The average Bonchev–Trinajstić information content (AvgIpc) is 3.05. The van der Waals surface area contributed by atoms with Crippen LogP contribution in [-0.4, -0.2) is 32.1 Å². The van der Waals surface area contributed by atoms with Crippen LogP contribution in [0.25, 0.3) is 16.9 Å². The van der Waals surface area contributed by atoms with E-state index in [1.807, 2.05) is 48.5 Å². The Kier molecular flexibility index (Phi) is 3.62. The first-order valence-corrected chi connectivity index (χ1v) is 7.58. The van der Waals surface area contributed by atoms with Gasteiger partial charge in [-0.15, -0.1) is 5.10 Å². The molecule has 0 amide bonds. The van der Waals surface area contributed by atoms with Gasteiger partial charge in [-0.1, -0.05) is 17.3 Å². The van der Waals surface area contributed by atoms with Gasteiger partial charge in [-0.2, -0.15) is 9.67 Å². The molecule has 0 saturated heterocycles. The summed E-state index contributed by atoms with van der Waals surface area (Å²) in [6.45, 7) is 0. The van der Waals surface area contributed by atoms with E-state index < -0.39 is 0 Å². The molecule has 0 aliphatic heterocycles. The zero-order chi connectivity index (χ0) is 17.2. The van der Waals surface area contributed by atoms with E-state index in [0.29, 0.717) is 22.8 Å². The van der Waals surface area contributed by atoms with Crippen LogP contribution < -0.4 is 15.8 Å². The molecule has 0 bridgehead atoms. The standard InChI is InChI=1S/C17H15N7O/c1-25-14-7-3-6-13(9-14)24-16-15(22-23-24)10-19-17(21-16)20-12-5-2-4-11(18)8-12/h2-10H,18H2,1H3,(H,19,20,21). The number of benzene rings is 2. The van der Waals surface area contributed by atoms with Crippen LogP contribution in [0, 0.1) is 0 Å². The third-order valence-corrected chi connectivity index (χ3v) is 3.63. The number of aromatic nitrogens is 5. The molecule has 2 aromatic heterocycles. The van der Waals surface area contributed by atoms with Crippen molar-refractivity contribution in [2.45, 2.75) is 0 Å². The second-order valence-corrected chi connectivity index (χ2v) is 5.36. The van der Waals surface area contributed by atoms with E-state index in [9.17, 15) is 0 Å². The van der Waals surface area contributed by atoms with Crippen LogP contribution in [0.1, 0.15) is 0 Å². The summed E-state index contributed by atoms with van der Waals surface area (Å²) in [6.07, 6.45) is 1.63. The van der Waals surface area contributed by atoms with Crippen molar-refractivity contribution in [1.82, 2.24) is 25.0 Å². The molecule has 4 aromatic rings. The molecule has 0 aliphatic rings. The van der Waals surface area contributed by atoms with Crippen LogP contribution in [0.5, 0.6) is 5.75 Å². The van der Waals surface area contributed by atoms with Gasteiger partial charge in [0.2, 0.25) is 5.95 Å². The van der Waals surface area contributed by atoms with Gasteiger partial charge in [0.15, 0.2) is 11.2 Å². The molecule has 4 rings (SSSR count). The fraction of sp³-hybridized carbons (Fsp3) is 0.0588. The van der Waals surface area contributed by atoms with Crippen LogP contribution in [0.4, 0.5) is 17.3 Å². The predicted octanol–water partition coefficient (Wildman–Crippen LogP) is 2.54. The number of nitrogen functional groups attached to an aromatic ring is 1. The Balaban J connectivity index is 1.74. The minimum atomic E-state index is 0.435. The maximum atomic E-state index is 5.80. The molecule has 2 aromatic carbocycles. The maximum Gasteiger partial charge on any atom is 0.229 e. The summed E-state index contributed by atoms with van der Waals surface area (Å²) in [6, 6.07) is 14.9. The highest BCUT2D eigenvalue weighted by Crippen LogP contribution is 2.21. The van der Waals surface area contributed by atoms with Crippen molar-refractivity contribution in [1.29, 1.82) is 0 Å². The number of nitrogens with one attached hydrogen (secondary N) is 1. The lowest BCUT2D eigenvalue weighted by molar-refractivity contribution is 0.414. The van der Waals surface area contributed by atoms with E-state index in [1.165, 1.54) is 0 Å². The second-order valence-electron chi connectivity index (χ2n) is 5.36. The van der Waals surface area contributed by atoms with Crippen LogP contribution in [0.3, 0.4) is 0 Å². The Morgan fingerprint density at radius 2 is 2.00 bits per heavy atom.